The number of amides is 2. The number of phenolic OH excluding ortho intramolecular Hbond substituents is 1. The number of imide groups is 1. The van der Waals surface area contributed by atoms with Gasteiger partial charge in [-0.25, -0.2) is 4.90 Å². The maximum Gasteiger partial charge on any atom is 0.309 e. The van der Waals surface area contributed by atoms with E-state index >= 15 is 0 Å². The number of hydrogen-bond donors (Lipinski definition) is 2. The number of aromatic hydroxyl groups is 1. The highest BCUT2D eigenvalue weighted by atomic mass is 16.4. The number of rotatable bonds is 3. The summed E-state index contributed by atoms with van der Waals surface area (Å²) in [6, 6.07) is 6.43. The SMILES string of the molecule is CC(C)C1=C[C@@]23CC[C@H]4[C@](C)(CCC[C@@]4(C)C(=O)O)[C@@H]2C[C@@H]1[C@H]1C(=O)N(c2cccc(O)c2)C(=O)[C@@H]13. The molecule has 2 amide bonds. The molecule has 1 heterocycles. The van der Waals surface area contributed by atoms with Crippen LogP contribution in [0.4, 0.5) is 5.69 Å². The quantitative estimate of drug-likeness (QED) is 0.436. The zero-order valence-corrected chi connectivity index (χ0v) is 21.7. The third kappa shape index (κ3) is 2.76. The topological polar surface area (TPSA) is 94.9 Å². The number of carbonyl (C=O) groups excluding carboxylic acids is 2. The predicted octanol–water partition coefficient (Wildman–Crippen LogP) is 5.41. The number of carbonyl (C=O) groups is 3. The van der Waals surface area contributed by atoms with E-state index in [1.165, 1.54) is 16.5 Å². The number of phenols is 1. The second kappa shape index (κ2) is 7.45. The third-order valence-electron chi connectivity index (χ3n) is 11.2. The van der Waals surface area contributed by atoms with Crippen LogP contribution in [0.3, 0.4) is 0 Å². The summed E-state index contributed by atoms with van der Waals surface area (Å²) in [5.41, 5.74) is 0.366. The van der Waals surface area contributed by atoms with Crippen molar-refractivity contribution in [2.24, 2.45) is 51.8 Å². The normalized spacial score (nSPS) is 43.2. The molecule has 6 nitrogen and oxygen atoms in total. The molecule has 2 N–H and O–H groups in total. The Morgan fingerprint density at radius 1 is 1.08 bits per heavy atom. The van der Waals surface area contributed by atoms with Crippen LogP contribution in [0.5, 0.6) is 5.75 Å². The van der Waals surface area contributed by atoms with Gasteiger partial charge in [0.2, 0.25) is 11.8 Å². The van der Waals surface area contributed by atoms with Crippen molar-refractivity contribution in [3.63, 3.8) is 0 Å². The van der Waals surface area contributed by atoms with Gasteiger partial charge in [-0.05, 0) is 80.2 Å². The van der Waals surface area contributed by atoms with Crippen molar-refractivity contribution in [2.75, 3.05) is 4.90 Å². The number of carboxylic acids is 1. The molecule has 1 aromatic rings. The van der Waals surface area contributed by atoms with Crippen LogP contribution in [-0.4, -0.2) is 28.0 Å². The van der Waals surface area contributed by atoms with Crippen molar-refractivity contribution >= 4 is 23.5 Å². The minimum atomic E-state index is -0.752. The lowest BCUT2D eigenvalue weighted by Crippen LogP contribution is -2.65. The minimum Gasteiger partial charge on any atom is -0.508 e. The van der Waals surface area contributed by atoms with Crippen molar-refractivity contribution in [1.82, 2.24) is 0 Å². The summed E-state index contributed by atoms with van der Waals surface area (Å²) in [5.74, 6) is -1.24. The van der Waals surface area contributed by atoms with Crippen molar-refractivity contribution in [2.45, 2.75) is 66.2 Å². The zero-order chi connectivity index (χ0) is 25.8. The average Bonchev–Trinajstić information content (AvgIpc) is 3.10. The van der Waals surface area contributed by atoms with E-state index in [9.17, 15) is 24.6 Å². The van der Waals surface area contributed by atoms with Crippen LogP contribution in [0.2, 0.25) is 0 Å². The van der Waals surface area contributed by atoms with E-state index in [0.29, 0.717) is 12.1 Å². The first-order valence-electron chi connectivity index (χ1n) is 13.6. The molecule has 0 radical (unpaired) electrons. The third-order valence-corrected chi connectivity index (χ3v) is 11.2. The molecule has 7 rings (SSSR count). The lowest BCUT2D eigenvalue weighted by atomic mass is 9.34. The number of fused-ring (bicyclic) bond motifs is 1. The van der Waals surface area contributed by atoms with Crippen LogP contribution in [0.25, 0.3) is 0 Å². The van der Waals surface area contributed by atoms with Gasteiger partial charge in [-0.1, -0.05) is 44.9 Å². The zero-order valence-electron chi connectivity index (χ0n) is 21.7. The minimum absolute atomic E-state index is 0.00535. The molecule has 1 aromatic carbocycles. The number of nitrogens with zero attached hydrogens (tertiary/aromatic N) is 1. The summed E-state index contributed by atoms with van der Waals surface area (Å²) in [6.45, 7) is 8.58. The van der Waals surface area contributed by atoms with Crippen LogP contribution in [-0.2, 0) is 14.4 Å². The van der Waals surface area contributed by atoms with E-state index in [2.05, 4.69) is 26.8 Å². The molecule has 0 unspecified atom stereocenters. The maximum atomic E-state index is 14.2. The molecule has 8 atom stereocenters. The van der Waals surface area contributed by atoms with Crippen molar-refractivity contribution in [1.29, 1.82) is 0 Å². The smallest absolute Gasteiger partial charge is 0.309 e. The van der Waals surface area contributed by atoms with Crippen LogP contribution in [0, 0.1) is 51.8 Å². The first-order chi connectivity index (χ1) is 17.0. The molecule has 192 valence electrons. The van der Waals surface area contributed by atoms with Gasteiger partial charge in [0.05, 0.1) is 22.9 Å². The predicted molar refractivity (Wildman–Crippen MR) is 135 cm³/mol. The van der Waals surface area contributed by atoms with Crippen molar-refractivity contribution < 1.29 is 24.6 Å². The van der Waals surface area contributed by atoms with Crippen LogP contribution in [0.15, 0.2) is 35.9 Å². The second-order valence-corrected chi connectivity index (χ2v) is 13.0. The Balaban J connectivity index is 1.50. The first kappa shape index (κ1) is 23.7. The summed E-state index contributed by atoms with van der Waals surface area (Å²) < 4.78 is 0. The number of allylic oxidation sites excluding steroid dienone is 2. The maximum absolute atomic E-state index is 14.2. The number of benzene rings is 1. The van der Waals surface area contributed by atoms with Gasteiger partial charge in [0, 0.05) is 11.5 Å². The van der Waals surface area contributed by atoms with Gasteiger partial charge in [0.15, 0.2) is 0 Å². The largest absolute Gasteiger partial charge is 0.508 e. The van der Waals surface area contributed by atoms with Gasteiger partial charge >= 0.3 is 5.97 Å². The summed E-state index contributed by atoms with van der Waals surface area (Å²) in [5, 5.41) is 20.3. The molecule has 5 aliphatic carbocycles. The number of carboxylic acid groups (broad SMARTS) is 1. The van der Waals surface area contributed by atoms with Gasteiger partial charge in [-0.2, -0.15) is 0 Å². The molecule has 36 heavy (non-hydrogen) atoms. The van der Waals surface area contributed by atoms with Gasteiger partial charge < -0.3 is 10.2 Å². The van der Waals surface area contributed by atoms with E-state index in [0.717, 1.165) is 32.1 Å². The fourth-order valence-electron chi connectivity index (χ4n) is 9.84. The average molecular weight is 492 g/mol. The van der Waals surface area contributed by atoms with Gasteiger partial charge in [-0.15, -0.1) is 0 Å². The van der Waals surface area contributed by atoms with Crippen molar-refractivity contribution in [3.05, 3.63) is 35.9 Å². The van der Waals surface area contributed by atoms with Gasteiger partial charge in [0.25, 0.3) is 0 Å². The molecule has 2 bridgehead atoms. The Kier molecular flexibility index (Phi) is 4.92. The van der Waals surface area contributed by atoms with Crippen LogP contribution < -0.4 is 4.90 Å². The monoisotopic (exact) mass is 491 g/mol. The van der Waals surface area contributed by atoms with E-state index in [1.54, 1.807) is 18.2 Å². The summed E-state index contributed by atoms with van der Waals surface area (Å²) in [6.07, 6.45) is 7.30. The molecule has 3 saturated carbocycles. The molecular weight excluding hydrogens is 454 g/mol. The highest BCUT2D eigenvalue weighted by Gasteiger charge is 2.73. The molecule has 1 spiro atoms. The molecule has 1 aliphatic heterocycles. The fourth-order valence-corrected chi connectivity index (χ4v) is 9.84. The van der Waals surface area contributed by atoms with E-state index < -0.39 is 22.7 Å². The molecule has 0 aromatic heterocycles. The lowest BCUT2D eigenvalue weighted by molar-refractivity contribution is -0.194. The van der Waals surface area contributed by atoms with E-state index in [1.807, 2.05) is 6.92 Å². The molecule has 1 saturated heterocycles. The Labute approximate surface area is 212 Å². The highest BCUT2D eigenvalue weighted by Crippen LogP contribution is 2.74. The lowest BCUT2D eigenvalue weighted by Gasteiger charge is -2.68. The van der Waals surface area contributed by atoms with Crippen molar-refractivity contribution in [3.8, 4) is 5.75 Å². The number of aliphatic carboxylic acids is 1. The summed E-state index contributed by atoms with van der Waals surface area (Å²) in [4.78, 5) is 42.0. The Morgan fingerprint density at radius 2 is 1.83 bits per heavy atom. The Hall–Kier alpha value is -2.63. The second-order valence-electron chi connectivity index (χ2n) is 13.0. The van der Waals surface area contributed by atoms with E-state index in [-0.39, 0.29) is 52.6 Å². The highest BCUT2D eigenvalue weighted by molar-refractivity contribution is 6.23. The summed E-state index contributed by atoms with van der Waals surface area (Å²) >= 11 is 0. The molecular formula is C30H37NO5. The number of anilines is 1. The van der Waals surface area contributed by atoms with Crippen LogP contribution >= 0.6 is 0 Å². The van der Waals surface area contributed by atoms with Crippen LogP contribution in [0.1, 0.15) is 66.2 Å². The molecule has 6 aliphatic rings. The van der Waals surface area contributed by atoms with E-state index in [4.69, 9.17) is 0 Å². The Morgan fingerprint density at radius 3 is 2.50 bits per heavy atom. The standard InChI is InChI=1S/C30H37NO5/c1-16(2)20-15-30-12-9-21-28(3,10-6-11-29(21,4)27(35)36)22(30)14-19(20)23-24(30)26(34)31(25(23)33)17-7-5-8-18(32)13-17/h5,7-8,13,15-16,19,21-24,32H,6,9-12,14H2,1-4H3,(H,35,36)/t19-,21-,22-,23+,24+,28-,29+,30-/m0/s1. The summed E-state index contributed by atoms with van der Waals surface area (Å²) in [7, 11) is 0. The molecule has 4 fully saturated rings. The van der Waals surface area contributed by atoms with Gasteiger partial charge in [-0.3, -0.25) is 14.4 Å². The first-order valence-corrected chi connectivity index (χ1v) is 13.6. The fraction of sp³-hybridized carbons (Fsp3) is 0.633. The molecule has 6 heteroatoms. The number of hydrogen-bond acceptors (Lipinski definition) is 4. The Bertz CT molecular complexity index is 1200. The van der Waals surface area contributed by atoms with Gasteiger partial charge in [0.1, 0.15) is 5.75 Å².